The molecule has 0 aromatic carbocycles. The smallest absolute Gasteiger partial charge is 0.335 e. The van der Waals surface area contributed by atoms with Crippen LogP contribution in [0.2, 0.25) is 0 Å². The van der Waals surface area contributed by atoms with Crippen molar-refractivity contribution in [1.29, 1.82) is 0 Å². The highest BCUT2D eigenvalue weighted by Crippen LogP contribution is 2.22. The Balaban J connectivity index is 2.38. The lowest BCUT2D eigenvalue weighted by Crippen LogP contribution is -2.60. The minimum absolute atomic E-state index is 0.0839. The van der Waals surface area contributed by atoms with E-state index in [1.807, 2.05) is 6.92 Å². The fraction of sp³-hybridized carbons (Fsp3) is 0.917. The van der Waals surface area contributed by atoms with Gasteiger partial charge >= 0.3 is 5.97 Å². The van der Waals surface area contributed by atoms with Crippen LogP contribution >= 0.6 is 0 Å². The van der Waals surface area contributed by atoms with Crippen LogP contribution in [0.1, 0.15) is 19.8 Å². The summed E-state index contributed by atoms with van der Waals surface area (Å²) in [4.78, 5) is 10.9. The largest absolute Gasteiger partial charge is 0.479 e. The lowest BCUT2D eigenvalue weighted by atomic mass is 9.99. The van der Waals surface area contributed by atoms with Gasteiger partial charge in [0, 0.05) is 6.61 Å². The summed E-state index contributed by atoms with van der Waals surface area (Å²) in [6, 6.07) is 0. The van der Waals surface area contributed by atoms with Gasteiger partial charge in [0.15, 0.2) is 12.4 Å². The van der Waals surface area contributed by atoms with Gasteiger partial charge in [0.1, 0.15) is 18.3 Å². The van der Waals surface area contributed by atoms with Crippen molar-refractivity contribution in [3.8, 4) is 0 Å². The van der Waals surface area contributed by atoms with Crippen molar-refractivity contribution in [2.75, 3.05) is 19.8 Å². The second-order valence-corrected chi connectivity index (χ2v) is 4.57. The Kier molecular flexibility index (Phi) is 7.35. The molecule has 1 rings (SSSR count). The zero-order valence-corrected chi connectivity index (χ0v) is 11.3. The van der Waals surface area contributed by atoms with E-state index < -0.39 is 36.7 Å². The summed E-state index contributed by atoms with van der Waals surface area (Å²) in [6.07, 6.45) is -5.89. The number of hydrogen-bond acceptors (Lipinski definition) is 7. The molecule has 0 amide bonds. The number of aliphatic carboxylic acids is 1. The van der Waals surface area contributed by atoms with Crippen molar-refractivity contribution in [3.63, 3.8) is 0 Å². The molecule has 1 aliphatic heterocycles. The van der Waals surface area contributed by atoms with Crippen molar-refractivity contribution in [2.24, 2.45) is 0 Å². The predicted molar refractivity (Wildman–Crippen MR) is 66.0 cm³/mol. The molecule has 20 heavy (non-hydrogen) atoms. The molecule has 1 heterocycles. The molecule has 5 atom stereocenters. The first-order valence-electron chi connectivity index (χ1n) is 6.60. The highest BCUT2D eigenvalue weighted by molar-refractivity contribution is 5.73. The highest BCUT2D eigenvalue weighted by Gasteiger charge is 2.47. The summed E-state index contributed by atoms with van der Waals surface area (Å²) in [5, 5.41) is 37.5. The molecule has 118 valence electrons. The normalized spacial score (nSPS) is 34.1. The Morgan fingerprint density at radius 1 is 1.10 bits per heavy atom. The third kappa shape index (κ3) is 4.65. The van der Waals surface area contributed by atoms with E-state index in [1.54, 1.807) is 0 Å². The molecule has 0 aliphatic carbocycles. The SMILES string of the molecule is CCCCOCCOC1OC(C(=O)O)C(O)C(O)C1O. The van der Waals surface area contributed by atoms with Crippen LogP contribution in [0.3, 0.4) is 0 Å². The van der Waals surface area contributed by atoms with E-state index >= 15 is 0 Å². The minimum Gasteiger partial charge on any atom is -0.479 e. The molecule has 1 aliphatic rings. The molecule has 1 fully saturated rings. The van der Waals surface area contributed by atoms with Crippen molar-refractivity contribution in [1.82, 2.24) is 0 Å². The van der Waals surface area contributed by atoms with Crippen molar-refractivity contribution in [3.05, 3.63) is 0 Å². The number of hydrogen-bond donors (Lipinski definition) is 4. The number of carboxylic acid groups (broad SMARTS) is 1. The second-order valence-electron chi connectivity index (χ2n) is 4.57. The van der Waals surface area contributed by atoms with Gasteiger partial charge in [-0.05, 0) is 6.42 Å². The fourth-order valence-corrected chi connectivity index (χ4v) is 1.76. The maximum Gasteiger partial charge on any atom is 0.335 e. The highest BCUT2D eigenvalue weighted by atomic mass is 16.7. The fourth-order valence-electron chi connectivity index (χ4n) is 1.76. The number of aliphatic hydroxyl groups is 3. The van der Waals surface area contributed by atoms with E-state index in [4.69, 9.17) is 19.3 Å². The molecule has 0 saturated carbocycles. The van der Waals surface area contributed by atoms with Crippen LogP contribution in [0.25, 0.3) is 0 Å². The second kappa shape index (κ2) is 8.50. The average molecular weight is 294 g/mol. The van der Waals surface area contributed by atoms with Crippen LogP contribution in [0.5, 0.6) is 0 Å². The van der Waals surface area contributed by atoms with Crippen LogP contribution in [-0.4, -0.2) is 76.9 Å². The van der Waals surface area contributed by atoms with Crippen LogP contribution < -0.4 is 0 Å². The van der Waals surface area contributed by atoms with E-state index in [-0.39, 0.29) is 13.2 Å². The van der Waals surface area contributed by atoms with Gasteiger partial charge in [0.25, 0.3) is 0 Å². The molecular formula is C12H22O8. The Morgan fingerprint density at radius 2 is 1.80 bits per heavy atom. The van der Waals surface area contributed by atoms with E-state index in [2.05, 4.69) is 0 Å². The summed E-state index contributed by atoms with van der Waals surface area (Å²) in [5.74, 6) is -1.43. The lowest BCUT2D eigenvalue weighted by molar-refractivity contribution is -0.295. The molecule has 0 aromatic rings. The van der Waals surface area contributed by atoms with Gasteiger partial charge in [-0.1, -0.05) is 13.3 Å². The average Bonchev–Trinajstić information content (AvgIpc) is 2.42. The number of rotatable bonds is 8. The van der Waals surface area contributed by atoms with Gasteiger partial charge in [-0.3, -0.25) is 0 Å². The minimum atomic E-state index is -1.71. The molecule has 4 N–H and O–H groups in total. The van der Waals surface area contributed by atoms with Gasteiger partial charge in [-0.2, -0.15) is 0 Å². The van der Waals surface area contributed by atoms with Crippen molar-refractivity contribution < 1.29 is 39.4 Å². The molecule has 0 bridgehead atoms. The molecule has 0 aromatic heterocycles. The molecule has 8 heteroatoms. The third-order valence-electron chi connectivity index (χ3n) is 2.97. The van der Waals surface area contributed by atoms with Gasteiger partial charge in [0.2, 0.25) is 0 Å². The number of aliphatic hydroxyl groups excluding tert-OH is 3. The van der Waals surface area contributed by atoms with E-state index in [1.165, 1.54) is 0 Å². The molecular weight excluding hydrogens is 272 g/mol. The first-order chi connectivity index (χ1) is 9.49. The number of unbranched alkanes of at least 4 members (excludes halogenated alkanes) is 1. The number of carbonyl (C=O) groups is 1. The first-order valence-corrected chi connectivity index (χ1v) is 6.60. The van der Waals surface area contributed by atoms with E-state index in [0.717, 1.165) is 12.8 Å². The standard InChI is InChI=1S/C12H22O8/c1-2-3-4-18-5-6-19-12-9(15)7(13)8(14)10(20-12)11(16)17/h7-10,12-15H,2-6H2,1H3,(H,16,17). The van der Waals surface area contributed by atoms with Gasteiger partial charge in [-0.25, -0.2) is 4.79 Å². The molecule has 8 nitrogen and oxygen atoms in total. The van der Waals surface area contributed by atoms with E-state index in [0.29, 0.717) is 6.61 Å². The van der Waals surface area contributed by atoms with Crippen LogP contribution in [0, 0.1) is 0 Å². The maximum atomic E-state index is 10.9. The zero-order valence-electron chi connectivity index (χ0n) is 11.3. The number of ether oxygens (including phenoxy) is 3. The Hall–Kier alpha value is -0.770. The number of carboxylic acids is 1. The van der Waals surface area contributed by atoms with Crippen molar-refractivity contribution in [2.45, 2.75) is 50.5 Å². The summed E-state index contributed by atoms with van der Waals surface area (Å²) in [5.41, 5.74) is 0. The lowest BCUT2D eigenvalue weighted by Gasteiger charge is -2.38. The Morgan fingerprint density at radius 3 is 2.40 bits per heavy atom. The summed E-state index contributed by atoms with van der Waals surface area (Å²) < 4.78 is 15.3. The maximum absolute atomic E-state index is 10.9. The van der Waals surface area contributed by atoms with Gasteiger partial charge < -0.3 is 34.6 Å². The third-order valence-corrected chi connectivity index (χ3v) is 2.97. The molecule has 1 saturated heterocycles. The van der Waals surface area contributed by atoms with Crippen LogP contribution in [-0.2, 0) is 19.0 Å². The molecule has 0 spiro atoms. The molecule has 5 unspecified atom stereocenters. The molecule has 0 radical (unpaired) electrons. The summed E-state index contributed by atoms with van der Waals surface area (Å²) >= 11 is 0. The summed E-state index contributed by atoms with van der Waals surface area (Å²) in [7, 11) is 0. The Labute approximate surface area is 116 Å². The van der Waals surface area contributed by atoms with Gasteiger partial charge in [0.05, 0.1) is 13.2 Å². The monoisotopic (exact) mass is 294 g/mol. The summed E-state index contributed by atoms with van der Waals surface area (Å²) in [6.45, 7) is 2.97. The van der Waals surface area contributed by atoms with E-state index in [9.17, 15) is 20.1 Å². The van der Waals surface area contributed by atoms with Crippen LogP contribution in [0.15, 0.2) is 0 Å². The zero-order chi connectivity index (χ0) is 15.1. The van der Waals surface area contributed by atoms with Crippen LogP contribution in [0.4, 0.5) is 0 Å². The van der Waals surface area contributed by atoms with Gasteiger partial charge in [-0.15, -0.1) is 0 Å². The first kappa shape index (κ1) is 17.3. The predicted octanol–water partition coefficient (Wildman–Crippen LogP) is -1.29. The van der Waals surface area contributed by atoms with Crippen molar-refractivity contribution >= 4 is 5.97 Å². The quantitative estimate of drug-likeness (QED) is 0.407. The Bertz CT molecular complexity index is 297. The topological polar surface area (TPSA) is 126 Å².